The van der Waals surface area contributed by atoms with Crippen LogP contribution in [0.1, 0.15) is 11.1 Å². The van der Waals surface area contributed by atoms with Gasteiger partial charge in [0.05, 0.1) is 0 Å². The highest BCUT2D eigenvalue weighted by molar-refractivity contribution is 8.76. The van der Waals surface area contributed by atoms with E-state index in [2.05, 4.69) is 18.7 Å². The van der Waals surface area contributed by atoms with Crippen molar-refractivity contribution in [3.05, 3.63) is 78.4 Å². The minimum atomic E-state index is -0.882. The van der Waals surface area contributed by atoms with Gasteiger partial charge in [0, 0.05) is 33.0 Å². The predicted octanol–water partition coefficient (Wildman–Crippen LogP) is 5.06. The van der Waals surface area contributed by atoms with E-state index in [-0.39, 0.29) is 0 Å². The fourth-order valence-corrected chi connectivity index (χ4v) is 5.22. The largest absolute Gasteiger partial charge is 0.259 e. The van der Waals surface area contributed by atoms with Crippen molar-refractivity contribution in [1.29, 1.82) is 0 Å². The average molecular weight is 335 g/mol. The first-order valence-corrected chi connectivity index (χ1v) is 10.5. The molecule has 1 unspecified atom stereocenters. The standard InChI is InChI=1S/C17H18OS3/c1-2-12-19-20-17-11-7-6-10-16(17)14-21(18)13-15-8-4-3-5-9-15/h2-11H,1,12-14H2. The SMILES string of the molecule is C=CCSSc1ccccc1CS(=O)Cc1ccccc1. The van der Waals surface area contributed by atoms with E-state index in [1.807, 2.05) is 48.5 Å². The van der Waals surface area contributed by atoms with E-state index in [1.54, 1.807) is 21.6 Å². The zero-order valence-corrected chi connectivity index (χ0v) is 14.2. The summed E-state index contributed by atoms with van der Waals surface area (Å²) in [6.45, 7) is 3.73. The highest BCUT2D eigenvalue weighted by atomic mass is 33.1. The van der Waals surface area contributed by atoms with Crippen molar-refractivity contribution < 1.29 is 4.21 Å². The lowest BCUT2D eigenvalue weighted by Crippen LogP contribution is -2.00. The zero-order valence-electron chi connectivity index (χ0n) is 11.7. The molecule has 0 saturated carbocycles. The van der Waals surface area contributed by atoms with Gasteiger partial charge in [-0.25, -0.2) is 0 Å². The minimum Gasteiger partial charge on any atom is -0.259 e. The molecule has 1 nitrogen and oxygen atoms in total. The van der Waals surface area contributed by atoms with Crippen LogP contribution < -0.4 is 0 Å². The molecule has 0 amide bonds. The van der Waals surface area contributed by atoms with Crippen molar-refractivity contribution in [2.45, 2.75) is 16.4 Å². The average Bonchev–Trinajstić information content (AvgIpc) is 2.50. The topological polar surface area (TPSA) is 17.1 Å². The molecular formula is C17H18OS3. The van der Waals surface area contributed by atoms with Gasteiger partial charge in [-0.2, -0.15) is 0 Å². The van der Waals surface area contributed by atoms with E-state index in [9.17, 15) is 4.21 Å². The first kappa shape index (κ1) is 16.4. The first-order valence-electron chi connectivity index (χ1n) is 6.67. The molecule has 110 valence electrons. The molecule has 0 aliphatic carbocycles. The molecule has 4 heteroatoms. The van der Waals surface area contributed by atoms with Gasteiger partial charge >= 0.3 is 0 Å². The summed E-state index contributed by atoms with van der Waals surface area (Å²) in [5.41, 5.74) is 2.29. The molecule has 0 bridgehead atoms. The normalized spacial score (nSPS) is 12.0. The molecule has 0 aliphatic heterocycles. The Bertz CT molecular complexity index is 596. The van der Waals surface area contributed by atoms with Crippen LogP contribution >= 0.6 is 21.6 Å². The zero-order chi connectivity index (χ0) is 14.9. The van der Waals surface area contributed by atoms with Crippen LogP contribution in [0.25, 0.3) is 0 Å². The van der Waals surface area contributed by atoms with Crippen molar-refractivity contribution in [3.63, 3.8) is 0 Å². The Morgan fingerprint density at radius 1 is 1.00 bits per heavy atom. The van der Waals surface area contributed by atoms with Gasteiger partial charge in [-0.3, -0.25) is 4.21 Å². The Hall–Kier alpha value is -0.970. The third-order valence-corrected chi connectivity index (χ3v) is 6.45. The summed E-state index contributed by atoms with van der Waals surface area (Å²) >= 11 is 0. The van der Waals surface area contributed by atoms with Gasteiger partial charge in [0.1, 0.15) is 0 Å². The molecule has 2 aromatic carbocycles. The summed E-state index contributed by atoms with van der Waals surface area (Å²) in [7, 11) is 2.60. The van der Waals surface area contributed by atoms with Gasteiger partial charge in [-0.05, 0) is 17.2 Å². The van der Waals surface area contributed by atoms with Crippen molar-refractivity contribution in [3.8, 4) is 0 Å². The van der Waals surface area contributed by atoms with Gasteiger partial charge in [0.25, 0.3) is 0 Å². The van der Waals surface area contributed by atoms with Crippen molar-refractivity contribution in [1.82, 2.24) is 0 Å². The third-order valence-electron chi connectivity index (χ3n) is 2.79. The molecule has 0 saturated heterocycles. The van der Waals surface area contributed by atoms with E-state index in [1.165, 1.54) is 4.90 Å². The molecular weight excluding hydrogens is 316 g/mol. The van der Waals surface area contributed by atoms with Crippen LogP contribution in [-0.2, 0) is 22.3 Å². The lowest BCUT2D eigenvalue weighted by Gasteiger charge is -2.08. The lowest BCUT2D eigenvalue weighted by atomic mass is 10.2. The number of hydrogen-bond donors (Lipinski definition) is 0. The van der Waals surface area contributed by atoms with Crippen molar-refractivity contribution in [2.75, 3.05) is 5.75 Å². The maximum atomic E-state index is 12.3. The second-order valence-corrected chi connectivity index (χ2v) is 8.32. The van der Waals surface area contributed by atoms with Crippen LogP contribution in [0.15, 0.2) is 72.1 Å². The van der Waals surface area contributed by atoms with Gasteiger partial charge in [0.2, 0.25) is 0 Å². The van der Waals surface area contributed by atoms with E-state index in [0.29, 0.717) is 11.5 Å². The molecule has 0 spiro atoms. The summed E-state index contributed by atoms with van der Waals surface area (Å²) in [5.74, 6) is 2.12. The smallest absolute Gasteiger partial charge is 0.0500 e. The monoisotopic (exact) mass is 334 g/mol. The summed E-state index contributed by atoms with van der Waals surface area (Å²) in [5, 5.41) is 0. The second kappa shape index (κ2) is 9.13. The van der Waals surface area contributed by atoms with Crippen LogP contribution in [0.4, 0.5) is 0 Å². The van der Waals surface area contributed by atoms with Gasteiger partial charge in [0.15, 0.2) is 0 Å². The van der Waals surface area contributed by atoms with Crippen LogP contribution in [0, 0.1) is 0 Å². The summed E-state index contributed by atoms with van der Waals surface area (Å²) in [4.78, 5) is 1.20. The maximum Gasteiger partial charge on any atom is 0.0500 e. The Morgan fingerprint density at radius 2 is 1.71 bits per heavy atom. The van der Waals surface area contributed by atoms with Gasteiger partial charge < -0.3 is 0 Å². The Kier molecular flexibility index (Phi) is 7.13. The Morgan fingerprint density at radius 3 is 2.48 bits per heavy atom. The summed E-state index contributed by atoms with van der Waals surface area (Å²) in [6, 6.07) is 18.2. The van der Waals surface area contributed by atoms with Crippen molar-refractivity contribution >= 4 is 32.4 Å². The molecule has 0 N–H and O–H groups in total. The van der Waals surface area contributed by atoms with Gasteiger partial charge in [-0.15, -0.1) is 6.58 Å². The number of benzene rings is 2. The second-order valence-electron chi connectivity index (χ2n) is 4.48. The van der Waals surface area contributed by atoms with E-state index < -0.39 is 10.8 Å². The molecule has 2 aromatic rings. The molecule has 0 heterocycles. The molecule has 0 radical (unpaired) electrons. The third kappa shape index (κ3) is 5.73. The molecule has 0 fully saturated rings. The van der Waals surface area contributed by atoms with E-state index in [0.717, 1.165) is 16.9 Å². The summed E-state index contributed by atoms with van der Waals surface area (Å²) in [6.07, 6.45) is 1.90. The Labute approximate surface area is 137 Å². The fraction of sp³-hybridized carbons (Fsp3) is 0.176. The van der Waals surface area contributed by atoms with Crippen LogP contribution in [0.3, 0.4) is 0 Å². The number of hydrogen-bond acceptors (Lipinski definition) is 3. The predicted molar refractivity (Wildman–Crippen MR) is 96.9 cm³/mol. The highest BCUT2D eigenvalue weighted by Crippen LogP contribution is 2.34. The van der Waals surface area contributed by atoms with Crippen LogP contribution in [0.2, 0.25) is 0 Å². The number of rotatable bonds is 8. The summed E-state index contributed by atoms with van der Waals surface area (Å²) < 4.78 is 12.3. The molecule has 0 aliphatic rings. The van der Waals surface area contributed by atoms with Crippen molar-refractivity contribution in [2.24, 2.45) is 0 Å². The van der Waals surface area contributed by atoms with Crippen LogP contribution in [0.5, 0.6) is 0 Å². The fourth-order valence-electron chi connectivity index (χ4n) is 1.83. The lowest BCUT2D eigenvalue weighted by molar-refractivity contribution is 0.682. The van der Waals surface area contributed by atoms with Gasteiger partial charge in [-0.1, -0.05) is 76.2 Å². The molecule has 0 aromatic heterocycles. The highest BCUT2D eigenvalue weighted by Gasteiger charge is 2.08. The molecule has 2 rings (SSSR count). The van der Waals surface area contributed by atoms with E-state index in [4.69, 9.17) is 0 Å². The molecule has 21 heavy (non-hydrogen) atoms. The minimum absolute atomic E-state index is 0.604. The maximum absolute atomic E-state index is 12.3. The first-order chi connectivity index (χ1) is 10.3. The molecule has 1 atom stereocenters. The quantitative estimate of drug-likeness (QED) is 0.381. The Balaban J connectivity index is 1.98. The van der Waals surface area contributed by atoms with E-state index >= 15 is 0 Å². The van der Waals surface area contributed by atoms with Crippen LogP contribution in [-0.4, -0.2) is 9.96 Å².